The smallest absolute Gasteiger partial charge is 0.218 e. The molecule has 4 N–H and O–H groups in total. The number of ketones is 1. The molecule has 4 rings (SSSR count). The first-order valence-corrected chi connectivity index (χ1v) is 9.72. The van der Waals surface area contributed by atoms with Gasteiger partial charge in [-0.15, -0.1) is 0 Å². The van der Waals surface area contributed by atoms with Gasteiger partial charge in [0.15, 0.2) is 0 Å². The van der Waals surface area contributed by atoms with Gasteiger partial charge in [0.25, 0.3) is 0 Å². The SMILES string of the molecule is O=C(c1ccn(Cc2ccccc2)n1)c1cncnc1N[C@@H]1C[C@H](CO)[C@@H](O)[C@H]1O. The summed E-state index contributed by atoms with van der Waals surface area (Å²) in [5.41, 5.74) is 1.54. The van der Waals surface area contributed by atoms with Crippen molar-refractivity contribution >= 4 is 11.6 Å². The van der Waals surface area contributed by atoms with Crippen LogP contribution in [0, 0.1) is 5.92 Å². The lowest BCUT2D eigenvalue weighted by molar-refractivity contribution is 0.00445. The number of rotatable bonds is 7. The van der Waals surface area contributed by atoms with Gasteiger partial charge in [-0.1, -0.05) is 30.3 Å². The van der Waals surface area contributed by atoms with Crippen LogP contribution in [-0.2, 0) is 6.54 Å². The van der Waals surface area contributed by atoms with Crippen LogP contribution in [0.4, 0.5) is 5.82 Å². The highest BCUT2D eigenvalue weighted by Crippen LogP contribution is 2.29. The number of aliphatic hydroxyl groups excluding tert-OH is 3. The first-order chi connectivity index (χ1) is 14.6. The molecule has 9 heteroatoms. The third-order valence-electron chi connectivity index (χ3n) is 5.38. The van der Waals surface area contributed by atoms with Crippen LogP contribution in [0.25, 0.3) is 0 Å². The molecule has 0 saturated heterocycles. The molecule has 0 aliphatic heterocycles. The largest absolute Gasteiger partial charge is 0.396 e. The second-order valence-corrected chi connectivity index (χ2v) is 7.41. The fourth-order valence-electron chi connectivity index (χ4n) is 3.71. The molecular weight excluding hydrogens is 386 g/mol. The van der Waals surface area contributed by atoms with Crippen molar-refractivity contribution in [3.8, 4) is 0 Å². The Morgan fingerprint density at radius 1 is 1.17 bits per heavy atom. The average Bonchev–Trinajstić information content (AvgIpc) is 3.34. The molecule has 0 amide bonds. The van der Waals surface area contributed by atoms with E-state index in [-0.39, 0.29) is 29.5 Å². The number of anilines is 1. The molecule has 3 aromatic rings. The topological polar surface area (TPSA) is 133 Å². The van der Waals surface area contributed by atoms with Crippen molar-refractivity contribution in [3.63, 3.8) is 0 Å². The van der Waals surface area contributed by atoms with Gasteiger partial charge >= 0.3 is 0 Å². The highest BCUT2D eigenvalue weighted by molar-refractivity contribution is 6.10. The summed E-state index contributed by atoms with van der Waals surface area (Å²) in [6.45, 7) is 0.310. The number of carbonyl (C=O) groups is 1. The normalized spacial score (nSPS) is 23.4. The zero-order valence-electron chi connectivity index (χ0n) is 16.2. The van der Waals surface area contributed by atoms with Crippen molar-refractivity contribution < 1.29 is 20.1 Å². The third-order valence-corrected chi connectivity index (χ3v) is 5.38. The third kappa shape index (κ3) is 4.09. The van der Waals surface area contributed by atoms with Crippen LogP contribution < -0.4 is 5.32 Å². The molecule has 1 aliphatic rings. The number of aromatic nitrogens is 4. The molecule has 1 fully saturated rings. The Kier molecular flexibility index (Phi) is 5.84. The molecule has 156 valence electrons. The van der Waals surface area contributed by atoms with Crippen molar-refractivity contribution in [1.82, 2.24) is 19.7 Å². The number of carbonyl (C=O) groups excluding carboxylic acids is 1. The highest BCUT2D eigenvalue weighted by Gasteiger charge is 2.41. The van der Waals surface area contributed by atoms with Crippen LogP contribution >= 0.6 is 0 Å². The van der Waals surface area contributed by atoms with Crippen molar-refractivity contribution in [3.05, 3.63) is 71.9 Å². The Morgan fingerprint density at radius 2 is 1.97 bits per heavy atom. The molecule has 9 nitrogen and oxygen atoms in total. The Balaban J connectivity index is 1.52. The molecule has 1 aromatic carbocycles. The van der Waals surface area contributed by atoms with E-state index in [4.69, 9.17) is 0 Å². The van der Waals surface area contributed by atoms with Crippen LogP contribution in [0.3, 0.4) is 0 Å². The number of nitrogens with one attached hydrogen (secondary N) is 1. The Morgan fingerprint density at radius 3 is 2.70 bits per heavy atom. The number of benzene rings is 1. The van der Waals surface area contributed by atoms with E-state index in [0.717, 1.165) is 5.56 Å². The Bertz CT molecular complexity index is 1010. The predicted octanol–water partition coefficient (Wildman–Crippen LogP) is 0.467. The summed E-state index contributed by atoms with van der Waals surface area (Å²) >= 11 is 0. The minimum absolute atomic E-state index is 0.219. The summed E-state index contributed by atoms with van der Waals surface area (Å²) < 4.78 is 1.68. The maximum absolute atomic E-state index is 13.0. The zero-order valence-corrected chi connectivity index (χ0v) is 16.2. The van der Waals surface area contributed by atoms with Gasteiger partial charge in [0.2, 0.25) is 5.78 Å². The van der Waals surface area contributed by atoms with E-state index in [2.05, 4.69) is 20.4 Å². The lowest BCUT2D eigenvalue weighted by Gasteiger charge is -2.19. The Labute approximate surface area is 173 Å². The van der Waals surface area contributed by atoms with Crippen molar-refractivity contribution in [2.75, 3.05) is 11.9 Å². The summed E-state index contributed by atoms with van der Waals surface area (Å²) in [5.74, 6) is -0.536. The number of nitrogens with zero attached hydrogens (tertiary/aromatic N) is 4. The van der Waals surface area contributed by atoms with E-state index in [0.29, 0.717) is 13.0 Å². The zero-order chi connectivity index (χ0) is 21.1. The quantitative estimate of drug-likeness (QED) is 0.414. The monoisotopic (exact) mass is 409 g/mol. The molecular formula is C21H23N5O4. The van der Waals surface area contributed by atoms with Gasteiger partial charge in [0.1, 0.15) is 23.9 Å². The molecule has 1 aliphatic carbocycles. The van der Waals surface area contributed by atoms with Crippen molar-refractivity contribution in [2.45, 2.75) is 31.2 Å². The van der Waals surface area contributed by atoms with Crippen LogP contribution in [0.2, 0.25) is 0 Å². The van der Waals surface area contributed by atoms with E-state index in [1.54, 1.807) is 16.9 Å². The fourth-order valence-corrected chi connectivity index (χ4v) is 3.71. The van der Waals surface area contributed by atoms with Gasteiger partial charge in [-0.2, -0.15) is 5.10 Å². The van der Waals surface area contributed by atoms with Crippen LogP contribution in [-0.4, -0.2) is 65.7 Å². The molecule has 0 spiro atoms. The van der Waals surface area contributed by atoms with Crippen molar-refractivity contribution in [1.29, 1.82) is 0 Å². The van der Waals surface area contributed by atoms with E-state index < -0.39 is 24.2 Å². The van der Waals surface area contributed by atoms with E-state index in [1.165, 1.54) is 12.5 Å². The van der Waals surface area contributed by atoms with Crippen LogP contribution in [0.1, 0.15) is 28.0 Å². The lowest BCUT2D eigenvalue weighted by Crippen LogP contribution is -2.36. The molecule has 0 radical (unpaired) electrons. The Hall–Kier alpha value is -3.14. The van der Waals surface area contributed by atoms with Gasteiger partial charge in [0, 0.05) is 24.9 Å². The fraction of sp³-hybridized carbons (Fsp3) is 0.333. The standard InChI is InChI=1S/C21H23N5O4/c27-11-14-8-17(20(30)18(14)28)24-21-15(9-22-12-23-21)19(29)16-6-7-26(25-16)10-13-4-2-1-3-5-13/h1-7,9,12,14,17-18,20,27-28,30H,8,10-11H2,(H,22,23,24)/t14-,17-,18-,20+/m1/s1. The van der Waals surface area contributed by atoms with Crippen LogP contribution in [0.15, 0.2) is 55.1 Å². The second kappa shape index (κ2) is 8.70. The molecule has 2 heterocycles. The van der Waals surface area contributed by atoms with E-state index in [1.807, 2.05) is 30.3 Å². The predicted molar refractivity (Wildman–Crippen MR) is 108 cm³/mol. The second-order valence-electron chi connectivity index (χ2n) is 7.41. The lowest BCUT2D eigenvalue weighted by atomic mass is 10.1. The van der Waals surface area contributed by atoms with E-state index >= 15 is 0 Å². The van der Waals surface area contributed by atoms with Gasteiger partial charge < -0.3 is 20.6 Å². The van der Waals surface area contributed by atoms with Crippen LogP contribution in [0.5, 0.6) is 0 Å². The molecule has 2 aromatic heterocycles. The summed E-state index contributed by atoms with van der Waals surface area (Å²) in [6.07, 6.45) is 2.67. The van der Waals surface area contributed by atoms with E-state index in [9.17, 15) is 20.1 Å². The first-order valence-electron chi connectivity index (χ1n) is 9.72. The number of aliphatic hydroxyl groups is 3. The maximum Gasteiger partial charge on any atom is 0.218 e. The first kappa shape index (κ1) is 20.1. The average molecular weight is 409 g/mol. The molecule has 4 atom stereocenters. The minimum Gasteiger partial charge on any atom is -0.396 e. The molecule has 0 unspecified atom stereocenters. The molecule has 1 saturated carbocycles. The summed E-state index contributed by atoms with van der Waals surface area (Å²) in [4.78, 5) is 21.1. The molecule has 30 heavy (non-hydrogen) atoms. The minimum atomic E-state index is -1.08. The van der Waals surface area contributed by atoms with Crippen molar-refractivity contribution in [2.24, 2.45) is 5.92 Å². The summed E-state index contributed by atoms with van der Waals surface area (Å²) in [7, 11) is 0. The highest BCUT2D eigenvalue weighted by atomic mass is 16.3. The van der Waals surface area contributed by atoms with Gasteiger partial charge in [-0.05, 0) is 18.1 Å². The molecule has 0 bridgehead atoms. The van der Waals surface area contributed by atoms with Gasteiger partial charge in [-0.3, -0.25) is 9.48 Å². The summed E-state index contributed by atoms with van der Waals surface area (Å²) in [5, 5.41) is 37.0. The maximum atomic E-state index is 13.0. The number of hydrogen-bond donors (Lipinski definition) is 4. The summed E-state index contributed by atoms with van der Waals surface area (Å²) in [6, 6.07) is 10.9. The number of hydrogen-bond acceptors (Lipinski definition) is 8. The van der Waals surface area contributed by atoms with Gasteiger partial charge in [0.05, 0.1) is 24.3 Å². The van der Waals surface area contributed by atoms with Gasteiger partial charge in [-0.25, -0.2) is 9.97 Å².